The van der Waals surface area contributed by atoms with Crippen molar-refractivity contribution in [2.24, 2.45) is 5.73 Å². The highest BCUT2D eigenvalue weighted by Gasteiger charge is 2.16. The quantitative estimate of drug-likeness (QED) is 0.266. The molecule has 2 aromatic heterocycles. The van der Waals surface area contributed by atoms with E-state index in [0.29, 0.717) is 30.1 Å². The van der Waals surface area contributed by atoms with Crippen LogP contribution in [-0.2, 0) is 17.8 Å². The summed E-state index contributed by atoms with van der Waals surface area (Å²) in [6, 6.07) is 19.2. The molecule has 11 nitrogen and oxygen atoms in total. The maximum atomic E-state index is 11.8. The van der Waals surface area contributed by atoms with E-state index in [1.165, 1.54) is 7.11 Å². The van der Waals surface area contributed by atoms with E-state index in [1.807, 2.05) is 49.5 Å². The lowest BCUT2D eigenvalue weighted by molar-refractivity contribution is -0.122. The molecule has 11 heteroatoms. The first-order valence-corrected chi connectivity index (χ1v) is 12.6. The highest BCUT2D eigenvalue weighted by Crippen LogP contribution is 2.24. The number of amides is 1. The molecule has 0 aliphatic carbocycles. The first-order chi connectivity index (χ1) is 18.8. The van der Waals surface area contributed by atoms with E-state index in [2.05, 4.69) is 54.6 Å². The van der Waals surface area contributed by atoms with Crippen LogP contribution in [0.25, 0.3) is 11.4 Å². The standard InChI is InChI=1S/C28H33N9O2/c1-18(15-20-9-8-10-21(16-20)17-31-25(38)19(2)29)32-26-30-14-13-23(33-26)37(3)27-34-24(35-28(36-27)39-4)22-11-6-5-7-12-22/h5-14,16,18-19H,15,17,29H2,1-4H3,(H,31,38)(H,30,32,33)/t18-,19-/m0/s1. The van der Waals surface area contributed by atoms with E-state index in [4.69, 9.17) is 10.5 Å². The number of nitrogens with two attached hydrogens (primary N) is 1. The molecule has 0 unspecified atom stereocenters. The summed E-state index contributed by atoms with van der Waals surface area (Å²) in [6.45, 7) is 4.16. The van der Waals surface area contributed by atoms with Crippen LogP contribution in [0.2, 0.25) is 0 Å². The van der Waals surface area contributed by atoms with Crippen molar-refractivity contribution in [2.75, 3.05) is 24.4 Å². The van der Waals surface area contributed by atoms with Gasteiger partial charge in [-0.1, -0.05) is 54.6 Å². The molecule has 0 spiro atoms. The van der Waals surface area contributed by atoms with E-state index in [0.717, 1.165) is 23.1 Å². The second kappa shape index (κ2) is 12.7. The smallest absolute Gasteiger partial charge is 0.321 e. The molecule has 0 saturated heterocycles. The number of hydrogen-bond donors (Lipinski definition) is 3. The number of ether oxygens (including phenoxy) is 1. The molecule has 0 saturated carbocycles. The molecule has 39 heavy (non-hydrogen) atoms. The Bertz CT molecular complexity index is 1400. The van der Waals surface area contributed by atoms with Crippen molar-refractivity contribution in [3.63, 3.8) is 0 Å². The summed E-state index contributed by atoms with van der Waals surface area (Å²) in [7, 11) is 3.35. The minimum absolute atomic E-state index is 0.0430. The van der Waals surface area contributed by atoms with Gasteiger partial charge in [0, 0.05) is 31.4 Å². The van der Waals surface area contributed by atoms with Crippen LogP contribution in [0.5, 0.6) is 6.01 Å². The second-order valence-corrected chi connectivity index (χ2v) is 9.19. The van der Waals surface area contributed by atoms with Gasteiger partial charge in [-0.2, -0.15) is 19.9 Å². The van der Waals surface area contributed by atoms with E-state index in [1.54, 1.807) is 24.1 Å². The first-order valence-electron chi connectivity index (χ1n) is 12.6. The monoisotopic (exact) mass is 527 g/mol. The Hall–Kier alpha value is -4.64. The van der Waals surface area contributed by atoms with Crippen LogP contribution in [0.1, 0.15) is 25.0 Å². The van der Waals surface area contributed by atoms with Crippen molar-refractivity contribution in [1.29, 1.82) is 0 Å². The Morgan fingerprint density at radius 2 is 1.77 bits per heavy atom. The van der Waals surface area contributed by atoms with Crippen LogP contribution >= 0.6 is 0 Å². The fourth-order valence-corrected chi connectivity index (χ4v) is 3.85. The maximum absolute atomic E-state index is 11.8. The third-order valence-electron chi connectivity index (χ3n) is 5.89. The van der Waals surface area contributed by atoms with Gasteiger partial charge in [0.15, 0.2) is 5.82 Å². The summed E-state index contributed by atoms with van der Waals surface area (Å²) in [5.74, 6) is 1.82. The molecule has 0 fully saturated rings. The molecule has 2 atom stereocenters. The topological polar surface area (TPSA) is 144 Å². The molecule has 4 rings (SSSR count). The molecular formula is C28H33N9O2. The minimum Gasteiger partial charge on any atom is -0.467 e. The maximum Gasteiger partial charge on any atom is 0.321 e. The minimum atomic E-state index is -0.537. The zero-order chi connectivity index (χ0) is 27.8. The average molecular weight is 528 g/mol. The summed E-state index contributed by atoms with van der Waals surface area (Å²) >= 11 is 0. The molecule has 4 N–H and O–H groups in total. The second-order valence-electron chi connectivity index (χ2n) is 9.19. The number of methoxy groups -OCH3 is 1. The van der Waals surface area contributed by atoms with Crippen molar-refractivity contribution >= 4 is 23.6 Å². The molecule has 2 heterocycles. The lowest BCUT2D eigenvalue weighted by Crippen LogP contribution is -2.37. The van der Waals surface area contributed by atoms with Gasteiger partial charge >= 0.3 is 6.01 Å². The zero-order valence-electron chi connectivity index (χ0n) is 22.5. The molecule has 0 aliphatic rings. The normalized spacial score (nSPS) is 12.3. The van der Waals surface area contributed by atoms with Gasteiger partial charge in [-0.3, -0.25) is 9.69 Å². The highest BCUT2D eigenvalue weighted by molar-refractivity contribution is 5.80. The molecule has 1 amide bonds. The van der Waals surface area contributed by atoms with E-state index < -0.39 is 6.04 Å². The van der Waals surface area contributed by atoms with E-state index >= 15 is 0 Å². The molecule has 0 aliphatic heterocycles. The molecule has 202 valence electrons. The van der Waals surface area contributed by atoms with Crippen molar-refractivity contribution in [3.8, 4) is 17.4 Å². The predicted octanol–water partition coefficient (Wildman–Crippen LogP) is 3.11. The SMILES string of the molecule is COc1nc(-c2ccccc2)nc(N(C)c2ccnc(N[C@@H](C)Cc3cccc(CNC(=O)[C@H](C)N)c3)n2)n1. The van der Waals surface area contributed by atoms with Gasteiger partial charge in [-0.25, -0.2) is 4.98 Å². The summed E-state index contributed by atoms with van der Waals surface area (Å²) in [6.07, 6.45) is 2.43. The average Bonchev–Trinajstić information content (AvgIpc) is 2.95. The van der Waals surface area contributed by atoms with Gasteiger partial charge in [0.1, 0.15) is 5.82 Å². The van der Waals surface area contributed by atoms with Gasteiger partial charge in [-0.05, 0) is 37.5 Å². The number of nitrogens with zero attached hydrogens (tertiary/aromatic N) is 6. The number of nitrogens with one attached hydrogen (secondary N) is 2. The number of carbonyl (C=O) groups excluding carboxylic acids is 1. The molecule has 2 aromatic carbocycles. The summed E-state index contributed by atoms with van der Waals surface area (Å²) in [5.41, 5.74) is 8.62. The van der Waals surface area contributed by atoms with Crippen LogP contribution < -0.4 is 26.0 Å². The fraction of sp³-hybridized carbons (Fsp3) is 0.286. The Labute approximate surface area is 227 Å². The van der Waals surface area contributed by atoms with Crippen molar-refractivity contribution in [2.45, 2.75) is 38.9 Å². The molecule has 0 bridgehead atoms. The van der Waals surface area contributed by atoms with Crippen molar-refractivity contribution < 1.29 is 9.53 Å². The van der Waals surface area contributed by atoms with Crippen LogP contribution in [-0.4, -0.2) is 57.1 Å². The number of aromatic nitrogens is 5. The lowest BCUT2D eigenvalue weighted by Gasteiger charge is -2.19. The summed E-state index contributed by atoms with van der Waals surface area (Å²) in [4.78, 5) is 36.0. The lowest BCUT2D eigenvalue weighted by atomic mass is 10.0. The molecule has 4 aromatic rings. The van der Waals surface area contributed by atoms with E-state index in [9.17, 15) is 4.79 Å². The Kier molecular flexibility index (Phi) is 8.95. The van der Waals surface area contributed by atoms with Gasteiger partial charge in [-0.15, -0.1) is 0 Å². The van der Waals surface area contributed by atoms with Crippen molar-refractivity contribution in [1.82, 2.24) is 30.2 Å². The first kappa shape index (κ1) is 27.4. The molecule has 0 radical (unpaired) electrons. The Morgan fingerprint density at radius 3 is 2.51 bits per heavy atom. The van der Waals surface area contributed by atoms with Gasteiger partial charge in [0.25, 0.3) is 0 Å². The van der Waals surface area contributed by atoms with Crippen molar-refractivity contribution in [3.05, 3.63) is 78.0 Å². The number of carbonyl (C=O) groups is 1. The highest BCUT2D eigenvalue weighted by atomic mass is 16.5. The van der Waals surface area contributed by atoms with Gasteiger partial charge in [0.05, 0.1) is 13.2 Å². The Balaban J connectivity index is 1.45. The van der Waals surface area contributed by atoms with Crippen LogP contribution in [0.4, 0.5) is 17.7 Å². The number of anilines is 3. The number of benzene rings is 2. The molecular weight excluding hydrogens is 494 g/mol. The van der Waals surface area contributed by atoms with Gasteiger partial charge in [0.2, 0.25) is 17.8 Å². The third-order valence-corrected chi connectivity index (χ3v) is 5.89. The Morgan fingerprint density at radius 1 is 1.00 bits per heavy atom. The largest absolute Gasteiger partial charge is 0.467 e. The van der Waals surface area contributed by atoms with Crippen LogP contribution in [0.3, 0.4) is 0 Å². The van der Waals surface area contributed by atoms with Crippen LogP contribution in [0.15, 0.2) is 66.9 Å². The van der Waals surface area contributed by atoms with Crippen LogP contribution in [0, 0.1) is 0 Å². The number of rotatable bonds is 11. The zero-order valence-corrected chi connectivity index (χ0v) is 22.5. The summed E-state index contributed by atoms with van der Waals surface area (Å²) in [5, 5.41) is 6.21. The fourth-order valence-electron chi connectivity index (χ4n) is 3.85. The third kappa shape index (κ3) is 7.45. The summed E-state index contributed by atoms with van der Waals surface area (Å²) < 4.78 is 5.32. The predicted molar refractivity (Wildman–Crippen MR) is 151 cm³/mol. The number of hydrogen-bond acceptors (Lipinski definition) is 10. The van der Waals surface area contributed by atoms with Gasteiger partial charge < -0.3 is 21.1 Å². The van der Waals surface area contributed by atoms with E-state index in [-0.39, 0.29) is 18.0 Å².